The molecule has 3 rings (SSSR count). The summed E-state index contributed by atoms with van der Waals surface area (Å²) in [4.78, 5) is 28.9. The molecule has 1 atom stereocenters. The van der Waals surface area contributed by atoms with Gasteiger partial charge >= 0.3 is 5.97 Å². The number of carboxylic acid groups (broad SMARTS) is 1. The highest BCUT2D eigenvalue weighted by molar-refractivity contribution is 9.11. The predicted molar refractivity (Wildman–Crippen MR) is 101 cm³/mol. The van der Waals surface area contributed by atoms with Crippen LogP contribution in [0.2, 0.25) is 0 Å². The van der Waals surface area contributed by atoms with Gasteiger partial charge in [-0.15, -0.1) is 0 Å². The average molecular weight is 488 g/mol. The van der Waals surface area contributed by atoms with Crippen molar-refractivity contribution in [3.8, 4) is 5.75 Å². The maximum absolute atomic E-state index is 12.7. The van der Waals surface area contributed by atoms with Crippen LogP contribution in [0.3, 0.4) is 0 Å². The molecule has 0 saturated heterocycles. The second-order valence-electron chi connectivity index (χ2n) is 5.49. The molecule has 0 aliphatic carbocycles. The molecule has 2 aromatic rings. The van der Waals surface area contributed by atoms with E-state index < -0.39 is 12.0 Å². The van der Waals surface area contributed by atoms with Crippen molar-refractivity contribution in [1.29, 1.82) is 0 Å². The van der Waals surface area contributed by atoms with Crippen molar-refractivity contribution in [3.05, 3.63) is 57.6 Å². The summed E-state index contributed by atoms with van der Waals surface area (Å²) in [5.74, 6) is -0.997. The summed E-state index contributed by atoms with van der Waals surface area (Å²) >= 11 is 7.72. The van der Waals surface area contributed by atoms with Crippen LogP contribution in [0.1, 0.15) is 25.5 Å². The molecular formula is C16H12Br2N2O4S. The van der Waals surface area contributed by atoms with E-state index in [0.717, 1.165) is 0 Å². The molecular weight excluding hydrogens is 476 g/mol. The van der Waals surface area contributed by atoms with Gasteiger partial charge < -0.3 is 10.2 Å². The van der Waals surface area contributed by atoms with Gasteiger partial charge in [0.15, 0.2) is 4.80 Å². The number of benzene rings is 1. The SMILES string of the molecule is CC1=C(C(=O)O)C(C)n2c(s/c(=C\c3cc(Br)c(O)c(Br)c3)c2=O)=N1. The van der Waals surface area contributed by atoms with Gasteiger partial charge in [0, 0.05) is 0 Å². The minimum Gasteiger partial charge on any atom is -0.506 e. The molecule has 0 amide bonds. The summed E-state index contributed by atoms with van der Waals surface area (Å²) in [6, 6.07) is 2.79. The van der Waals surface area contributed by atoms with Crippen molar-refractivity contribution in [1.82, 2.24) is 4.57 Å². The normalized spacial score (nSPS) is 17.4. The number of aromatic hydroxyl groups is 1. The van der Waals surface area contributed by atoms with E-state index in [1.807, 2.05) is 0 Å². The Morgan fingerprint density at radius 3 is 2.52 bits per heavy atom. The number of aromatic nitrogens is 1. The lowest BCUT2D eigenvalue weighted by atomic mass is 10.1. The van der Waals surface area contributed by atoms with Crippen LogP contribution in [0, 0.1) is 0 Å². The smallest absolute Gasteiger partial charge is 0.335 e. The van der Waals surface area contributed by atoms with Crippen LogP contribution >= 0.6 is 43.2 Å². The molecule has 0 bridgehead atoms. The van der Waals surface area contributed by atoms with Gasteiger partial charge in [-0.3, -0.25) is 9.36 Å². The van der Waals surface area contributed by atoms with Crippen molar-refractivity contribution in [2.75, 3.05) is 0 Å². The molecule has 1 aromatic carbocycles. The fourth-order valence-electron chi connectivity index (χ4n) is 2.69. The number of carbonyl (C=O) groups is 1. The molecule has 0 saturated carbocycles. The van der Waals surface area contributed by atoms with E-state index in [0.29, 0.717) is 29.5 Å². The Hall–Kier alpha value is -1.71. The molecule has 25 heavy (non-hydrogen) atoms. The van der Waals surface area contributed by atoms with Crippen molar-refractivity contribution in [2.24, 2.45) is 4.99 Å². The molecule has 2 N–H and O–H groups in total. The molecule has 2 heterocycles. The van der Waals surface area contributed by atoms with E-state index >= 15 is 0 Å². The molecule has 9 heteroatoms. The van der Waals surface area contributed by atoms with E-state index in [1.54, 1.807) is 32.1 Å². The third-order valence-corrected chi connectivity index (χ3v) is 6.05. The summed E-state index contributed by atoms with van der Waals surface area (Å²) < 4.78 is 2.84. The van der Waals surface area contributed by atoms with Crippen molar-refractivity contribution < 1.29 is 15.0 Å². The number of hydrogen-bond donors (Lipinski definition) is 2. The van der Waals surface area contributed by atoms with E-state index in [2.05, 4.69) is 36.9 Å². The number of halogens is 2. The molecule has 6 nitrogen and oxygen atoms in total. The predicted octanol–water partition coefficient (Wildman–Crippen LogP) is 2.52. The molecule has 0 fully saturated rings. The zero-order valence-electron chi connectivity index (χ0n) is 13.1. The molecule has 0 spiro atoms. The number of hydrogen-bond acceptors (Lipinski definition) is 5. The highest BCUT2D eigenvalue weighted by Crippen LogP contribution is 2.33. The highest BCUT2D eigenvalue weighted by Gasteiger charge is 2.27. The largest absolute Gasteiger partial charge is 0.506 e. The lowest BCUT2D eigenvalue weighted by Gasteiger charge is -2.18. The Bertz CT molecular complexity index is 1090. The fraction of sp³-hybridized carbons (Fsp3) is 0.188. The number of phenolic OH excluding ortho intramolecular Hbond substituents is 1. The van der Waals surface area contributed by atoms with Crippen LogP contribution in [0.15, 0.2) is 42.1 Å². The maximum Gasteiger partial charge on any atom is 0.335 e. The monoisotopic (exact) mass is 486 g/mol. The Labute approximate surface area is 162 Å². The maximum atomic E-state index is 12.7. The number of carboxylic acids is 1. The summed E-state index contributed by atoms with van der Waals surface area (Å²) in [7, 11) is 0. The number of nitrogens with zero attached hydrogens (tertiary/aromatic N) is 2. The summed E-state index contributed by atoms with van der Waals surface area (Å²) in [5, 5.41) is 19.1. The number of rotatable bonds is 2. The van der Waals surface area contributed by atoms with Gasteiger partial charge in [-0.25, -0.2) is 9.79 Å². The molecule has 0 radical (unpaired) electrons. The molecule has 1 unspecified atom stereocenters. The third-order valence-electron chi connectivity index (χ3n) is 3.86. The second-order valence-corrected chi connectivity index (χ2v) is 8.21. The van der Waals surface area contributed by atoms with E-state index in [-0.39, 0.29) is 16.9 Å². The molecule has 1 aromatic heterocycles. The number of thiazole rings is 1. The van der Waals surface area contributed by atoms with Gasteiger partial charge in [0.25, 0.3) is 5.56 Å². The van der Waals surface area contributed by atoms with Crippen molar-refractivity contribution in [3.63, 3.8) is 0 Å². The lowest BCUT2D eigenvalue weighted by Crippen LogP contribution is -2.37. The van der Waals surface area contributed by atoms with E-state index in [9.17, 15) is 19.8 Å². The Balaban J connectivity index is 2.21. The van der Waals surface area contributed by atoms with Crippen LogP contribution in [0.4, 0.5) is 0 Å². The van der Waals surface area contributed by atoms with Crippen molar-refractivity contribution in [2.45, 2.75) is 19.9 Å². The third kappa shape index (κ3) is 3.11. The topological polar surface area (TPSA) is 91.9 Å². The van der Waals surface area contributed by atoms with Gasteiger partial charge in [-0.05, 0) is 69.5 Å². The minimum absolute atomic E-state index is 0.0777. The first-order chi connectivity index (χ1) is 11.7. The van der Waals surface area contributed by atoms with Gasteiger partial charge in [-0.1, -0.05) is 11.3 Å². The zero-order chi connectivity index (χ0) is 18.5. The summed E-state index contributed by atoms with van der Waals surface area (Å²) in [6.45, 7) is 3.31. The number of allylic oxidation sites excluding steroid dienone is 1. The minimum atomic E-state index is -1.07. The summed E-state index contributed by atoms with van der Waals surface area (Å²) in [5.41, 5.74) is 0.948. The molecule has 130 valence electrons. The fourth-order valence-corrected chi connectivity index (χ4v) is 5.02. The Morgan fingerprint density at radius 2 is 1.96 bits per heavy atom. The quantitative estimate of drug-likeness (QED) is 0.680. The average Bonchev–Trinajstić information content (AvgIpc) is 2.80. The Kier molecular flexibility index (Phi) is 4.74. The highest BCUT2D eigenvalue weighted by atomic mass is 79.9. The van der Waals surface area contributed by atoms with Gasteiger partial charge in [0.1, 0.15) is 5.75 Å². The van der Waals surface area contributed by atoms with Crippen molar-refractivity contribution >= 4 is 55.2 Å². The van der Waals surface area contributed by atoms with Gasteiger partial charge in [-0.2, -0.15) is 0 Å². The molecule has 1 aliphatic rings. The number of aliphatic carboxylic acids is 1. The number of fused-ring (bicyclic) bond motifs is 1. The first-order valence-corrected chi connectivity index (χ1v) is 9.54. The van der Waals surface area contributed by atoms with Crippen LogP contribution < -0.4 is 14.9 Å². The van der Waals surface area contributed by atoms with Crippen LogP contribution in [-0.4, -0.2) is 20.7 Å². The molecule has 1 aliphatic heterocycles. The lowest BCUT2D eigenvalue weighted by molar-refractivity contribution is -0.133. The van der Waals surface area contributed by atoms with E-state index in [4.69, 9.17) is 0 Å². The summed E-state index contributed by atoms with van der Waals surface area (Å²) in [6.07, 6.45) is 1.69. The standard InChI is InChI=1S/C16H12Br2N2O4S/c1-6-12(15(23)24)7(2)20-14(22)11(25-16(20)19-6)5-8-3-9(17)13(21)10(18)4-8/h3-5,7,21H,1-2H3,(H,23,24)/b11-5-. The number of phenols is 1. The second kappa shape index (κ2) is 6.54. The van der Waals surface area contributed by atoms with E-state index in [1.165, 1.54) is 15.9 Å². The zero-order valence-corrected chi connectivity index (χ0v) is 17.1. The van der Waals surface area contributed by atoms with Crippen LogP contribution in [0.5, 0.6) is 5.75 Å². The van der Waals surface area contributed by atoms with Gasteiger partial charge in [0.05, 0.1) is 30.8 Å². The first-order valence-electron chi connectivity index (χ1n) is 7.14. The van der Waals surface area contributed by atoms with Crippen LogP contribution in [-0.2, 0) is 4.79 Å². The van der Waals surface area contributed by atoms with Gasteiger partial charge in [0.2, 0.25) is 0 Å². The Morgan fingerprint density at radius 1 is 1.36 bits per heavy atom. The first kappa shape index (κ1) is 18.1. The van der Waals surface area contributed by atoms with Crippen LogP contribution in [0.25, 0.3) is 6.08 Å².